The molecule has 4 atom stereocenters. The first-order valence-electron chi connectivity index (χ1n) is 9.74. The van der Waals surface area contributed by atoms with Gasteiger partial charge in [0.1, 0.15) is 0 Å². The van der Waals surface area contributed by atoms with Crippen molar-refractivity contribution in [3.63, 3.8) is 0 Å². The van der Waals surface area contributed by atoms with Crippen LogP contribution in [0.2, 0.25) is 0 Å². The third kappa shape index (κ3) is 5.56. The fourth-order valence-electron chi connectivity index (χ4n) is 4.30. The first-order valence-corrected chi connectivity index (χ1v) is 9.74. The fourth-order valence-corrected chi connectivity index (χ4v) is 4.30. The molecule has 0 bridgehead atoms. The summed E-state index contributed by atoms with van der Waals surface area (Å²) in [5, 5.41) is 10.3. The molecule has 1 fully saturated rings. The number of rotatable bonds is 10. The van der Waals surface area contributed by atoms with Crippen molar-refractivity contribution >= 4 is 5.78 Å². The molecule has 0 spiro atoms. The molecule has 2 rings (SSSR count). The first kappa shape index (κ1) is 19.4. The smallest absolute Gasteiger partial charge is 0.155 e. The van der Waals surface area contributed by atoms with Crippen LogP contribution < -0.4 is 0 Å². The monoisotopic (exact) mass is 333 g/mol. The maximum atomic E-state index is 11.7. The van der Waals surface area contributed by atoms with E-state index in [9.17, 15) is 9.90 Å². The Morgan fingerprint density at radius 3 is 2.83 bits per heavy atom. The molecule has 0 saturated heterocycles. The highest BCUT2D eigenvalue weighted by Crippen LogP contribution is 2.48. The number of nitrogens with zero attached hydrogens (tertiary/aromatic N) is 1. The summed E-state index contributed by atoms with van der Waals surface area (Å²) >= 11 is 0. The minimum absolute atomic E-state index is 0.165. The summed E-state index contributed by atoms with van der Waals surface area (Å²) in [6.45, 7) is 3.20. The van der Waals surface area contributed by atoms with Gasteiger partial charge in [-0.1, -0.05) is 31.1 Å². The molecule has 0 aliphatic heterocycles. The highest BCUT2D eigenvalue weighted by molar-refractivity contribution is 5.89. The van der Waals surface area contributed by atoms with Gasteiger partial charge in [-0.05, 0) is 77.1 Å². The van der Waals surface area contributed by atoms with E-state index in [1.54, 1.807) is 11.6 Å². The Morgan fingerprint density at radius 2 is 2.12 bits per heavy atom. The van der Waals surface area contributed by atoms with Gasteiger partial charge in [0, 0.05) is 12.3 Å². The van der Waals surface area contributed by atoms with Crippen LogP contribution in [-0.2, 0) is 4.79 Å². The second kappa shape index (κ2) is 9.53. The standard InChI is InChI=1S/C21H35NO2/c1-4-8-18(23)10-11-19-20-14-16(13-17(20)15-21(19)24)9-6-5-7-12-22(2)3/h10-11,13,17,19-21,24H,4-9,12,14-15H2,1-3H3/t17-,19+,20-,21+/m0/s1. The zero-order valence-corrected chi connectivity index (χ0v) is 15.7. The first-order chi connectivity index (χ1) is 11.5. The third-order valence-electron chi connectivity index (χ3n) is 5.55. The molecule has 3 heteroatoms. The summed E-state index contributed by atoms with van der Waals surface area (Å²) in [5.74, 6) is 1.40. The summed E-state index contributed by atoms with van der Waals surface area (Å²) in [6.07, 6.45) is 14.4. The van der Waals surface area contributed by atoms with E-state index in [1.807, 2.05) is 13.0 Å². The van der Waals surface area contributed by atoms with Crippen molar-refractivity contribution in [2.45, 2.75) is 64.4 Å². The summed E-state index contributed by atoms with van der Waals surface area (Å²) in [4.78, 5) is 14.0. The summed E-state index contributed by atoms with van der Waals surface area (Å²) < 4.78 is 0. The fraction of sp³-hybridized carbons (Fsp3) is 0.762. The number of hydrogen-bond acceptors (Lipinski definition) is 3. The number of aliphatic hydroxyl groups excluding tert-OH is 1. The predicted octanol–water partition coefficient (Wildman–Crippen LogP) is 3.98. The van der Waals surface area contributed by atoms with Crippen LogP contribution in [0.3, 0.4) is 0 Å². The lowest BCUT2D eigenvalue weighted by Gasteiger charge is -2.18. The van der Waals surface area contributed by atoms with Crippen LogP contribution in [0.1, 0.15) is 58.3 Å². The average Bonchev–Trinajstić information content (AvgIpc) is 3.01. The van der Waals surface area contributed by atoms with Crippen LogP contribution >= 0.6 is 0 Å². The predicted molar refractivity (Wildman–Crippen MR) is 99.9 cm³/mol. The van der Waals surface area contributed by atoms with Crippen molar-refractivity contribution in [3.05, 3.63) is 23.8 Å². The van der Waals surface area contributed by atoms with E-state index in [4.69, 9.17) is 0 Å². The number of carbonyl (C=O) groups excluding carboxylic acids is 1. The molecule has 2 aliphatic carbocycles. The normalized spacial score (nSPS) is 29.5. The number of hydrogen-bond donors (Lipinski definition) is 1. The molecule has 0 aromatic carbocycles. The average molecular weight is 334 g/mol. The van der Waals surface area contributed by atoms with E-state index < -0.39 is 0 Å². The van der Waals surface area contributed by atoms with Crippen LogP contribution in [0, 0.1) is 17.8 Å². The maximum absolute atomic E-state index is 11.7. The van der Waals surface area contributed by atoms with E-state index in [-0.39, 0.29) is 17.8 Å². The zero-order valence-electron chi connectivity index (χ0n) is 15.7. The number of ketones is 1. The molecule has 2 aliphatic rings. The molecular formula is C21H35NO2. The van der Waals surface area contributed by atoms with Crippen molar-refractivity contribution in [1.29, 1.82) is 0 Å². The Balaban J connectivity index is 1.78. The Labute approximate surface area is 147 Å². The SMILES string of the molecule is CCCC(=O)C=C[C@@H]1[C@H]2CC(CCCCCN(C)C)=C[C@H]2C[C@H]1O. The molecule has 0 amide bonds. The van der Waals surface area contributed by atoms with Crippen LogP contribution in [0.15, 0.2) is 23.8 Å². The lowest BCUT2D eigenvalue weighted by atomic mass is 9.88. The summed E-state index contributed by atoms with van der Waals surface area (Å²) in [6, 6.07) is 0. The summed E-state index contributed by atoms with van der Waals surface area (Å²) in [7, 11) is 4.26. The van der Waals surface area contributed by atoms with Crippen LogP contribution in [0.4, 0.5) is 0 Å². The van der Waals surface area contributed by atoms with Gasteiger partial charge in [-0.2, -0.15) is 0 Å². The lowest BCUT2D eigenvalue weighted by Crippen LogP contribution is -2.17. The Morgan fingerprint density at radius 1 is 1.33 bits per heavy atom. The van der Waals surface area contributed by atoms with Crippen molar-refractivity contribution in [2.24, 2.45) is 17.8 Å². The van der Waals surface area contributed by atoms with Gasteiger partial charge < -0.3 is 10.0 Å². The lowest BCUT2D eigenvalue weighted by molar-refractivity contribution is -0.114. The molecule has 136 valence electrons. The van der Waals surface area contributed by atoms with Gasteiger partial charge in [-0.25, -0.2) is 0 Å². The van der Waals surface area contributed by atoms with Gasteiger partial charge in [0.05, 0.1) is 6.10 Å². The molecule has 0 aromatic rings. The minimum atomic E-state index is -0.274. The second-order valence-corrected chi connectivity index (χ2v) is 7.93. The van der Waals surface area contributed by atoms with Crippen molar-refractivity contribution < 1.29 is 9.90 Å². The molecule has 0 heterocycles. The van der Waals surface area contributed by atoms with Crippen LogP contribution in [0.25, 0.3) is 0 Å². The maximum Gasteiger partial charge on any atom is 0.155 e. The van der Waals surface area contributed by atoms with E-state index >= 15 is 0 Å². The number of carbonyl (C=O) groups is 1. The van der Waals surface area contributed by atoms with E-state index in [2.05, 4.69) is 25.1 Å². The molecule has 0 unspecified atom stereocenters. The Hall–Kier alpha value is -0.930. The number of fused-ring (bicyclic) bond motifs is 1. The van der Waals surface area contributed by atoms with Crippen molar-refractivity contribution in [1.82, 2.24) is 4.90 Å². The topological polar surface area (TPSA) is 40.5 Å². The van der Waals surface area contributed by atoms with Gasteiger partial charge >= 0.3 is 0 Å². The zero-order chi connectivity index (χ0) is 17.5. The number of allylic oxidation sites excluding steroid dienone is 3. The highest BCUT2D eigenvalue weighted by Gasteiger charge is 2.43. The number of aliphatic hydroxyl groups is 1. The van der Waals surface area contributed by atoms with Gasteiger partial charge in [0.25, 0.3) is 0 Å². The van der Waals surface area contributed by atoms with Gasteiger partial charge in [0.15, 0.2) is 5.78 Å². The molecule has 3 nitrogen and oxygen atoms in total. The van der Waals surface area contributed by atoms with E-state index in [0.29, 0.717) is 18.3 Å². The second-order valence-electron chi connectivity index (χ2n) is 7.93. The highest BCUT2D eigenvalue weighted by atomic mass is 16.3. The van der Waals surface area contributed by atoms with Crippen LogP contribution in [-0.4, -0.2) is 42.5 Å². The molecular weight excluding hydrogens is 298 g/mol. The van der Waals surface area contributed by atoms with E-state index in [1.165, 1.54) is 32.2 Å². The summed E-state index contributed by atoms with van der Waals surface area (Å²) in [5.41, 5.74) is 1.58. The van der Waals surface area contributed by atoms with Crippen molar-refractivity contribution in [3.8, 4) is 0 Å². The molecule has 1 N–H and O–H groups in total. The van der Waals surface area contributed by atoms with Crippen molar-refractivity contribution in [2.75, 3.05) is 20.6 Å². The van der Waals surface area contributed by atoms with Gasteiger partial charge in [-0.3, -0.25) is 4.79 Å². The molecule has 0 aromatic heterocycles. The molecule has 1 saturated carbocycles. The van der Waals surface area contributed by atoms with Gasteiger partial charge in [0.2, 0.25) is 0 Å². The Kier molecular flexibility index (Phi) is 7.70. The van der Waals surface area contributed by atoms with Gasteiger partial charge in [-0.15, -0.1) is 0 Å². The Bertz CT molecular complexity index is 466. The van der Waals surface area contributed by atoms with Crippen LogP contribution in [0.5, 0.6) is 0 Å². The third-order valence-corrected chi connectivity index (χ3v) is 5.55. The van der Waals surface area contributed by atoms with E-state index in [0.717, 1.165) is 19.3 Å². The quantitative estimate of drug-likeness (QED) is 0.373. The molecule has 0 radical (unpaired) electrons. The minimum Gasteiger partial charge on any atom is -0.392 e. The number of unbranched alkanes of at least 4 members (excludes halogenated alkanes) is 2. The molecule has 24 heavy (non-hydrogen) atoms. The largest absolute Gasteiger partial charge is 0.392 e.